The molecule has 1 aromatic carbocycles. The van der Waals surface area contributed by atoms with Gasteiger partial charge in [0.2, 0.25) is 0 Å². The minimum atomic E-state index is -0.551. The third-order valence-corrected chi connectivity index (χ3v) is 4.45. The van der Waals surface area contributed by atoms with Gasteiger partial charge >= 0.3 is 6.09 Å². The van der Waals surface area contributed by atoms with E-state index in [9.17, 15) is 9.59 Å². The fraction of sp³-hybridized carbons (Fsp3) is 0.0909. The lowest BCUT2D eigenvalue weighted by molar-refractivity contribution is 0.155. The van der Waals surface area contributed by atoms with Gasteiger partial charge in [0.25, 0.3) is 5.56 Å². The van der Waals surface area contributed by atoms with Gasteiger partial charge in [0.1, 0.15) is 6.61 Å². The number of pyridine rings is 2. The second kappa shape index (κ2) is 8.44. The predicted molar refractivity (Wildman–Crippen MR) is 112 cm³/mol. The van der Waals surface area contributed by atoms with E-state index < -0.39 is 6.09 Å². The zero-order valence-corrected chi connectivity index (χ0v) is 16.2. The second-order valence-electron chi connectivity index (χ2n) is 6.66. The number of H-pyrrole nitrogens is 1. The van der Waals surface area contributed by atoms with Crippen molar-refractivity contribution in [2.75, 3.05) is 5.32 Å². The largest absolute Gasteiger partial charge is 0.444 e. The molecule has 0 aliphatic heterocycles. The van der Waals surface area contributed by atoms with E-state index in [2.05, 4.69) is 20.4 Å². The highest BCUT2D eigenvalue weighted by Crippen LogP contribution is 2.14. The second-order valence-corrected chi connectivity index (χ2v) is 6.66. The Bertz CT molecular complexity index is 1200. The summed E-state index contributed by atoms with van der Waals surface area (Å²) in [6.07, 6.45) is 5.91. The van der Waals surface area contributed by atoms with E-state index in [4.69, 9.17) is 4.74 Å². The van der Waals surface area contributed by atoms with Crippen LogP contribution in [0.2, 0.25) is 0 Å². The summed E-state index contributed by atoms with van der Waals surface area (Å²) in [4.78, 5) is 32.9. The number of nitrogens with one attached hydrogen (secondary N) is 2. The lowest BCUT2D eigenvalue weighted by Gasteiger charge is -2.08. The Morgan fingerprint density at radius 2 is 1.97 bits per heavy atom. The van der Waals surface area contributed by atoms with Crippen LogP contribution in [0.25, 0.3) is 16.9 Å². The third kappa shape index (κ3) is 4.27. The topological polar surface area (TPSA) is 102 Å². The van der Waals surface area contributed by atoms with E-state index in [1.54, 1.807) is 55.1 Å². The van der Waals surface area contributed by atoms with Crippen LogP contribution in [0.3, 0.4) is 0 Å². The molecule has 0 saturated heterocycles. The Balaban J connectivity index is 1.40. The Labute approximate surface area is 172 Å². The summed E-state index contributed by atoms with van der Waals surface area (Å²) >= 11 is 0. The van der Waals surface area contributed by atoms with Gasteiger partial charge in [-0.2, -0.15) is 0 Å². The molecule has 0 aliphatic carbocycles. The van der Waals surface area contributed by atoms with Crippen molar-refractivity contribution in [1.82, 2.24) is 19.7 Å². The smallest absolute Gasteiger partial charge is 0.411 e. The minimum Gasteiger partial charge on any atom is -0.444 e. The van der Waals surface area contributed by atoms with E-state index in [0.717, 1.165) is 11.1 Å². The maximum absolute atomic E-state index is 12.7. The van der Waals surface area contributed by atoms with E-state index >= 15 is 0 Å². The molecule has 30 heavy (non-hydrogen) atoms. The molecule has 8 nitrogen and oxygen atoms in total. The molecule has 0 spiro atoms. The average molecular weight is 401 g/mol. The van der Waals surface area contributed by atoms with Crippen LogP contribution < -0.4 is 10.9 Å². The van der Waals surface area contributed by atoms with Gasteiger partial charge in [0, 0.05) is 41.6 Å². The summed E-state index contributed by atoms with van der Waals surface area (Å²) in [7, 11) is 0. The molecule has 8 heteroatoms. The number of amides is 1. The van der Waals surface area contributed by atoms with Gasteiger partial charge in [-0.25, -0.2) is 14.5 Å². The van der Waals surface area contributed by atoms with Crippen molar-refractivity contribution in [3.63, 3.8) is 0 Å². The Morgan fingerprint density at radius 3 is 2.67 bits per heavy atom. The molecular formula is C22H19N5O3. The molecule has 0 atom stereocenters. The maximum atomic E-state index is 12.7. The van der Waals surface area contributed by atoms with E-state index in [1.165, 1.54) is 4.68 Å². The van der Waals surface area contributed by atoms with Gasteiger partial charge in [-0.1, -0.05) is 29.8 Å². The highest BCUT2D eigenvalue weighted by molar-refractivity contribution is 5.84. The molecule has 0 fully saturated rings. The van der Waals surface area contributed by atoms with Crippen molar-refractivity contribution < 1.29 is 9.53 Å². The predicted octanol–water partition coefficient (Wildman–Crippen LogP) is 3.68. The molecule has 0 unspecified atom stereocenters. The summed E-state index contributed by atoms with van der Waals surface area (Å²) in [6.45, 7) is 2.03. The maximum Gasteiger partial charge on any atom is 0.411 e. The molecule has 0 aliphatic rings. The zero-order chi connectivity index (χ0) is 20.9. The monoisotopic (exact) mass is 401 g/mol. The number of anilines is 1. The SMILES string of the molecule is Cc1ccc(NC(=O)OCc2ccc(-n3[nH]cc(-c4cccnc4)c3=O)nc2)cc1. The first kappa shape index (κ1) is 19.1. The number of hydrogen-bond acceptors (Lipinski definition) is 5. The lowest BCUT2D eigenvalue weighted by Crippen LogP contribution is -2.17. The Morgan fingerprint density at radius 1 is 1.13 bits per heavy atom. The van der Waals surface area contributed by atoms with E-state index in [1.807, 2.05) is 25.1 Å². The summed E-state index contributed by atoms with van der Waals surface area (Å²) in [5.74, 6) is 0.433. The number of benzene rings is 1. The standard InChI is InChI=1S/C22H19N5O3/c1-15-4-7-18(8-5-15)26-22(29)30-14-16-6-9-20(24-11-16)27-21(28)19(13-25-27)17-3-2-10-23-12-17/h2-13,25H,14H2,1H3,(H,26,29). The van der Waals surface area contributed by atoms with Crippen LogP contribution in [0, 0.1) is 6.92 Å². The van der Waals surface area contributed by atoms with Crippen LogP contribution in [0.5, 0.6) is 0 Å². The lowest BCUT2D eigenvalue weighted by atomic mass is 10.2. The third-order valence-electron chi connectivity index (χ3n) is 4.45. The number of aromatic nitrogens is 4. The van der Waals surface area contributed by atoms with Gasteiger partial charge in [-0.3, -0.25) is 20.2 Å². The number of hydrogen-bond donors (Lipinski definition) is 2. The number of rotatable bonds is 5. The molecule has 3 heterocycles. The normalized spacial score (nSPS) is 10.6. The number of nitrogens with zero attached hydrogens (tertiary/aromatic N) is 3. The summed E-state index contributed by atoms with van der Waals surface area (Å²) in [6, 6.07) is 14.4. The zero-order valence-electron chi connectivity index (χ0n) is 16.2. The fourth-order valence-electron chi connectivity index (χ4n) is 2.84. The van der Waals surface area contributed by atoms with Gasteiger partial charge < -0.3 is 4.74 Å². The van der Waals surface area contributed by atoms with Crippen molar-refractivity contribution in [2.24, 2.45) is 0 Å². The first-order valence-electron chi connectivity index (χ1n) is 9.27. The highest BCUT2D eigenvalue weighted by Gasteiger charge is 2.11. The molecule has 0 bridgehead atoms. The van der Waals surface area contributed by atoms with Crippen molar-refractivity contribution in [2.45, 2.75) is 13.5 Å². The van der Waals surface area contributed by atoms with Crippen molar-refractivity contribution in [3.8, 4) is 16.9 Å². The van der Waals surface area contributed by atoms with Gasteiger partial charge in [0.05, 0.1) is 5.56 Å². The van der Waals surface area contributed by atoms with Crippen LogP contribution in [0.4, 0.5) is 10.5 Å². The molecule has 3 aromatic heterocycles. The average Bonchev–Trinajstić information content (AvgIpc) is 3.16. The van der Waals surface area contributed by atoms with E-state index in [-0.39, 0.29) is 12.2 Å². The Kier molecular flexibility index (Phi) is 5.38. The number of aryl methyl sites for hydroxylation is 1. The molecule has 2 N–H and O–H groups in total. The Hall–Kier alpha value is -4.20. The fourth-order valence-corrected chi connectivity index (χ4v) is 2.84. The highest BCUT2D eigenvalue weighted by atomic mass is 16.5. The summed E-state index contributed by atoms with van der Waals surface area (Å²) in [5, 5.41) is 5.57. The summed E-state index contributed by atoms with van der Waals surface area (Å²) in [5.41, 5.74) is 3.47. The molecule has 1 amide bonds. The summed E-state index contributed by atoms with van der Waals surface area (Å²) < 4.78 is 6.56. The molecule has 4 aromatic rings. The van der Waals surface area contributed by atoms with E-state index in [0.29, 0.717) is 22.6 Å². The van der Waals surface area contributed by atoms with Gasteiger partial charge in [0.15, 0.2) is 5.82 Å². The van der Waals surface area contributed by atoms with Crippen LogP contribution in [0.1, 0.15) is 11.1 Å². The van der Waals surface area contributed by atoms with Gasteiger partial charge in [-0.05, 0) is 31.2 Å². The van der Waals surface area contributed by atoms with Crippen LogP contribution in [-0.4, -0.2) is 25.8 Å². The quantitative estimate of drug-likeness (QED) is 0.531. The number of carbonyl (C=O) groups is 1. The first-order valence-corrected chi connectivity index (χ1v) is 9.27. The molecule has 0 saturated carbocycles. The molecule has 4 rings (SSSR count). The molecule has 0 radical (unpaired) electrons. The number of aromatic amines is 1. The first-order chi connectivity index (χ1) is 14.6. The van der Waals surface area contributed by atoms with Crippen molar-refractivity contribution in [1.29, 1.82) is 0 Å². The van der Waals surface area contributed by atoms with Crippen molar-refractivity contribution in [3.05, 3.63) is 94.8 Å². The number of carbonyl (C=O) groups excluding carboxylic acids is 1. The van der Waals surface area contributed by atoms with Crippen LogP contribution in [0.15, 0.2) is 78.1 Å². The minimum absolute atomic E-state index is 0.0610. The van der Waals surface area contributed by atoms with Gasteiger partial charge in [-0.15, -0.1) is 0 Å². The van der Waals surface area contributed by atoms with Crippen LogP contribution in [-0.2, 0) is 11.3 Å². The number of ether oxygens (including phenoxy) is 1. The molecular weight excluding hydrogens is 382 g/mol. The van der Waals surface area contributed by atoms with Crippen molar-refractivity contribution >= 4 is 11.8 Å². The van der Waals surface area contributed by atoms with Crippen LogP contribution >= 0.6 is 0 Å². The molecule has 150 valence electrons.